The largest absolute Gasteiger partial charge is 2.00 e. The Bertz CT molecular complexity index is 1850. The number of aromatic nitrogens is 6. The third kappa shape index (κ3) is 8.19. The fourth-order valence-electron chi connectivity index (χ4n) is 4.19. The van der Waals surface area contributed by atoms with Crippen molar-refractivity contribution >= 4 is 66.4 Å². The zero-order valence-electron chi connectivity index (χ0n) is 24.0. The maximum atomic E-state index is 5.35. The van der Waals surface area contributed by atoms with Crippen LogP contribution in [0.5, 0.6) is 0 Å². The molecule has 222 valence electrons. The van der Waals surface area contributed by atoms with Crippen molar-refractivity contribution in [2.24, 2.45) is 0 Å². The molecule has 10 nitrogen and oxygen atoms in total. The van der Waals surface area contributed by atoms with Crippen LogP contribution in [0, 0.1) is 0 Å². The van der Waals surface area contributed by atoms with E-state index in [0.717, 1.165) is 43.6 Å². The molecule has 0 aliphatic heterocycles. The van der Waals surface area contributed by atoms with E-state index in [2.05, 4.69) is 78.4 Å². The summed E-state index contributed by atoms with van der Waals surface area (Å²) >= 11 is 0. The molecular formula is C34H30N10Ru+2. The summed E-state index contributed by atoms with van der Waals surface area (Å²) in [5.74, 6) is 0. The topological polar surface area (TPSA) is 181 Å². The van der Waals surface area contributed by atoms with Crippen LogP contribution >= 0.6 is 0 Å². The molecular weight excluding hydrogens is 650 g/mol. The van der Waals surface area contributed by atoms with E-state index in [9.17, 15) is 0 Å². The fraction of sp³-hybridized carbons (Fsp3) is 0. The Labute approximate surface area is 272 Å². The summed E-state index contributed by atoms with van der Waals surface area (Å²) in [6.45, 7) is 0. The minimum atomic E-state index is 0. The first kappa shape index (κ1) is 32.1. The van der Waals surface area contributed by atoms with Crippen LogP contribution in [0.1, 0.15) is 0 Å². The van der Waals surface area contributed by atoms with Gasteiger partial charge >= 0.3 is 19.5 Å². The SMILES string of the molecule is Nc1ccncc1N.Nc1ccncc1N.[Ru+2].c1cnc2c(c1)ccc1cccnc12.c1cnc2c(c1)ccc1cccnc12. The van der Waals surface area contributed by atoms with Crippen LogP contribution in [0.25, 0.3) is 43.6 Å². The number of benzene rings is 2. The molecule has 0 saturated heterocycles. The van der Waals surface area contributed by atoms with Crippen molar-refractivity contribution in [3.05, 3.63) is 135 Å². The number of rotatable bonds is 0. The molecule has 8 aromatic rings. The molecule has 0 atom stereocenters. The predicted octanol–water partition coefficient (Wildman–Crippen LogP) is 6.06. The van der Waals surface area contributed by atoms with Gasteiger partial charge in [-0.15, -0.1) is 0 Å². The standard InChI is InChI=1S/2C12H8N2.2C5H7N3.Ru/c2*1-3-9-5-6-10-4-2-8-14-12(10)11(9)13-7-1;2*6-4-1-2-8-3-5(4)7;/h2*1-8H;2*1-3H,7H2,(H2,6,8);/q;;;;+2. The van der Waals surface area contributed by atoms with Gasteiger partial charge in [0.2, 0.25) is 0 Å². The summed E-state index contributed by atoms with van der Waals surface area (Å²) in [5, 5.41) is 4.55. The number of nitrogens with zero attached hydrogens (tertiary/aromatic N) is 6. The van der Waals surface area contributed by atoms with E-state index in [-0.39, 0.29) is 19.5 Å². The van der Waals surface area contributed by atoms with Crippen LogP contribution in [0.2, 0.25) is 0 Å². The van der Waals surface area contributed by atoms with E-state index in [4.69, 9.17) is 22.9 Å². The Balaban J connectivity index is 0.000000141. The molecule has 0 bridgehead atoms. The van der Waals surface area contributed by atoms with Crippen molar-refractivity contribution in [3.8, 4) is 0 Å². The molecule has 0 spiro atoms. The van der Waals surface area contributed by atoms with Crippen LogP contribution in [0.15, 0.2) is 135 Å². The second-order valence-electron chi connectivity index (χ2n) is 9.44. The molecule has 0 fully saturated rings. The van der Waals surface area contributed by atoms with Gasteiger partial charge in [-0.1, -0.05) is 48.5 Å². The first-order valence-electron chi connectivity index (χ1n) is 13.6. The van der Waals surface area contributed by atoms with Crippen molar-refractivity contribution in [2.75, 3.05) is 22.9 Å². The number of hydrogen-bond donors (Lipinski definition) is 4. The fourth-order valence-corrected chi connectivity index (χ4v) is 4.19. The summed E-state index contributed by atoms with van der Waals surface area (Å²) in [7, 11) is 0. The van der Waals surface area contributed by atoms with Gasteiger partial charge in [-0.25, -0.2) is 0 Å². The zero-order chi connectivity index (χ0) is 30.7. The van der Waals surface area contributed by atoms with Crippen LogP contribution < -0.4 is 22.9 Å². The van der Waals surface area contributed by atoms with Gasteiger partial charge in [0, 0.05) is 58.7 Å². The molecule has 0 saturated carbocycles. The van der Waals surface area contributed by atoms with Crippen molar-refractivity contribution in [1.29, 1.82) is 0 Å². The van der Waals surface area contributed by atoms with Crippen LogP contribution in [0.3, 0.4) is 0 Å². The summed E-state index contributed by atoms with van der Waals surface area (Å²) in [6.07, 6.45) is 13.5. The maximum Gasteiger partial charge on any atom is 2.00 e. The summed E-state index contributed by atoms with van der Waals surface area (Å²) in [5.41, 5.74) is 27.5. The Kier molecular flexibility index (Phi) is 11.1. The quantitative estimate of drug-likeness (QED) is 0.109. The number of nitrogen functional groups attached to an aromatic ring is 4. The minimum absolute atomic E-state index is 0. The third-order valence-corrected chi connectivity index (χ3v) is 6.46. The van der Waals surface area contributed by atoms with Crippen molar-refractivity contribution in [1.82, 2.24) is 29.9 Å². The molecule has 0 aliphatic rings. The summed E-state index contributed by atoms with van der Waals surface area (Å²) in [6, 6.07) is 27.6. The van der Waals surface area contributed by atoms with E-state index in [0.29, 0.717) is 22.7 Å². The molecule has 0 radical (unpaired) electrons. The number of fused-ring (bicyclic) bond motifs is 6. The molecule has 0 aliphatic carbocycles. The average molecular weight is 680 g/mol. The smallest absolute Gasteiger partial charge is 0.397 e. The van der Waals surface area contributed by atoms with E-state index in [1.165, 1.54) is 12.4 Å². The molecule has 2 aromatic carbocycles. The Morgan fingerprint density at radius 1 is 0.333 bits per heavy atom. The molecule has 45 heavy (non-hydrogen) atoms. The van der Waals surface area contributed by atoms with Crippen molar-refractivity contribution in [3.63, 3.8) is 0 Å². The van der Waals surface area contributed by atoms with Gasteiger partial charge in [-0.05, 0) is 36.4 Å². The van der Waals surface area contributed by atoms with Gasteiger partial charge in [0.1, 0.15) is 0 Å². The average Bonchev–Trinajstić information content (AvgIpc) is 3.08. The Hall–Kier alpha value is -5.80. The van der Waals surface area contributed by atoms with Crippen LogP contribution in [0.4, 0.5) is 22.7 Å². The second-order valence-corrected chi connectivity index (χ2v) is 9.44. The molecule has 11 heteroatoms. The van der Waals surface area contributed by atoms with Crippen LogP contribution in [-0.4, -0.2) is 29.9 Å². The van der Waals surface area contributed by atoms with Gasteiger partial charge < -0.3 is 22.9 Å². The molecule has 6 aromatic heterocycles. The van der Waals surface area contributed by atoms with Gasteiger partial charge in [0.05, 0.1) is 57.2 Å². The van der Waals surface area contributed by atoms with E-state index >= 15 is 0 Å². The zero-order valence-corrected chi connectivity index (χ0v) is 25.8. The maximum absolute atomic E-state index is 5.35. The Morgan fingerprint density at radius 3 is 0.844 bits per heavy atom. The van der Waals surface area contributed by atoms with Crippen molar-refractivity contribution in [2.45, 2.75) is 0 Å². The minimum Gasteiger partial charge on any atom is -0.397 e. The number of anilines is 4. The Morgan fingerprint density at radius 2 is 0.622 bits per heavy atom. The van der Waals surface area contributed by atoms with Crippen molar-refractivity contribution < 1.29 is 19.5 Å². The first-order valence-corrected chi connectivity index (χ1v) is 13.6. The molecule has 6 heterocycles. The molecule has 0 amide bonds. The van der Waals surface area contributed by atoms with Gasteiger partial charge in [-0.2, -0.15) is 0 Å². The predicted molar refractivity (Wildman–Crippen MR) is 180 cm³/mol. The van der Waals surface area contributed by atoms with Gasteiger partial charge in [0.15, 0.2) is 0 Å². The second kappa shape index (κ2) is 15.6. The van der Waals surface area contributed by atoms with E-state index in [1.807, 2.05) is 24.3 Å². The third-order valence-electron chi connectivity index (χ3n) is 6.46. The molecule has 8 N–H and O–H groups in total. The monoisotopic (exact) mass is 680 g/mol. The van der Waals surface area contributed by atoms with E-state index < -0.39 is 0 Å². The number of nitrogens with two attached hydrogens (primary N) is 4. The first-order chi connectivity index (χ1) is 21.5. The molecule has 0 unspecified atom stereocenters. The van der Waals surface area contributed by atoms with E-state index in [1.54, 1.807) is 49.3 Å². The summed E-state index contributed by atoms with van der Waals surface area (Å²) in [4.78, 5) is 24.9. The molecule has 8 rings (SSSR count). The summed E-state index contributed by atoms with van der Waals surface area (Å²) < 4.78 is 0. The number of hydrogen-bond acceptors (Lipinski definition) is 10. The number of pyridine rings is 6. The van der Waals surface area contributed by atoms with Gasteiger partial charge in [-0.3, -0.25) is 29.9 Å². The normalized spacial score (nSPS) is 9.96. The van der Waals surface area contributed by atoms with Crippen LogP contribution in [-0.2, 0) is 19.5 Å². The van der Waals surface area contributed by atoms with Gasteiger partial charge in [0.25, 0.3) is 0 Å².